The molecule has 0 spiro atoms. The highest BCUT2D eigenvalue weighted by Crippen LogP contribution is 2.18. The van der Waals surface area contributed by atoms with Gasteiger partial charge in [-0.3, -0.25) is 0 Å². The molecule has 0 heteroatoms. The molecule has 0 aromatic heterocycles. The third kappa shape index (κ3) is 8.34. The van der Waals surface area contributed by atoms with Gasteiger partial charge in [-0.25, -0.2) is 0 Å². The minimum atomic E-state index is 0.859. The number of hydrogen-bond donors (Lipinski definition) is 0. The van der Waals surface area contributed by atoms with Gasteiger partial charge in [-0.1, -0.05) is 64.5 Å². The largest absolute Gasteiger partial charge is 0.0914 e. The second kappa shape index (κ2) is 10.8. The van der Waals surface area contributed by atoms with Crippen molar-refractivity contribution < 1.29 is 0 Å². The summed E-state index contributed by atoms with van der Waals surface area (Å²) in [7, 11) is 0. The summed E-state index contributed by atoms with van der Waals surface area (Å²) >= 11 is 0. The van der Waals surface area contributed by atoms with E-state index < -0.39 is 0 Å². The smallest absolute Gasteiger partial charge is 0.0234 e. The second-order valence-electron chi connectivity index (χ2n) is 4.28. The third-order valence-corrected chi connectivity index (χ3v) is 2.82. The van der Waals surface area contributed by atoms with E-state index in [1.54, 1.807) is 0 Å². The lowest BCUT2D eigenvalue weighted by Crippen LogP contribution is -1.96. The molecular formula is C14H28. The van der Waals surface area contributed by atoms with Crippen molar-refractivity contribution in [2.24, 2.45) is 5.92 Å². The van der Waals surface area contributed by atoms with E-state index in [0.717, 1.165) is 5.92 Å². The van der Waals surface area contributed by atoms with Gasteiger partial charge in [0.25, 0.3) is 0 Å². The van der Waals surface area contributed by atoms with Crippen molar-refractivity contribution in [1.29, 1.82) is 0 Å². The highest BCUT2D eigenvalue weighted by atomic mass is 14.1. The van der Waals surface area contributed by atoms with Gasteiger partial charge in [-0.05, 0) is 25.7 Å². The number of allylic oxidation sites excluding steroid dienone is 2. The van der Waals surface area contributed by atoms with Crippen LogP contribution in [0.5, 0.6) is 0 Å². The van der Waals surface area contributed by atoms with Crippen molar-refractivity contribution in [3.8, 4) is 0 Å². The van der Waals surface area contributed by atoms with Crippen molar-refractivity contribution in [3.05, 3.63) is 12.2 Å². The normalized spacial score (nSPS) is 11.7. The first-order chi connectivity index (χ1) is 6.85. The molecule has 0 aromatic carbocycles. The minimum Gasteiger partial charge on any atom is -0.0914 e. The third-order valence-electron chi connectivity index (χ3n) is 2.82. The van der Waals surface area contributed by atoms with E-state index >= 15 is 0 Å². The molecule has 0 heterocycles. The zero-order valence-corrected chi connectivity index (χ0v) is 10.4. The van der Waals surface area contributed by atoms with Crippen LogP contribution in [0.15, 0.2) is 12.2 Å². The van der Waals surface area contributed by atoms with Crippen LogP contribution in [0.2, 0.25) is 0 Å². The summed E-state index contributed by atoms with van der Waals surface area (Å²) in [5, 5.41) is 0. The fourth-order valence-corrected chi connectivity index (χ4v) is 1.92. The molecule has 0 aromatic rings. The Morgan fingerprint density at radius 1 is 0.857 bits per heavy atom. The topological polar surface area (TPSA) is 0 Å². The highest BCUT2D eigenvalue weighted by Gasteiger charge is 2.03. The Morgan fingerprint density at radius 3 is 1.71 bits per heavy atom. The van der Waals surface area contributed by atoms with Crippen LogP contribution in [0.1, 0.15) is 72.1 Å². The summed E-state index contributed by atoms with van der Waals surface area (Å²) in [5.41, 5.74) is 0. The van der Waals surface area contributed by atoms with Gasteiger partial charge in [0.05, 0.1) is 0 Å². The number of unbranched alkanes of at least 4 members (excludes halogenated alkanes) is 4. The van der Waals surface area contributed by atoms with Crippen LogP contribution in [0.4, 0.5) is 0 Å². The summed E-state index contributed by atoms with van der Waals surface area (Å²) in [4.78, 5) is 0. The van der Waals surface area contributed by atoms with Crippen molar-refractivity contribution in [2.45, 2.75) is 72.1 Å². The van der Waals surface area contributed by atoms with Crippen LogP contribution in [0.25, 0.3) is 0 Å². The van der Waals surface area contributed by atoms with Gasteiger partial charge in [-0.15, -0.1) is 0 Å². The Balaban J connectivity index is 3.55. The zero-order valence-electron chi connectivity index (χ0n) is 10.4. The maximum atomic E-state index is 2.41. The summed E-state index contributed by atoms with van der Waals surface area (Å²) < 4.78 is 0. The molecule has 0 radical (unpaired) electrons. The van der Waals surface area contributed by atoms with Crippen LogP contribution in [-0.2, 0) is 0 Å². The zero-order chi connectivity index (χ0) is 10.6. The fraction of sp³-hybridized carbons (Fsp3) is 0.857. The Morgan fingerprint density at radius 2 is 1.36 bits per heavy atom. The average Bonchev–Trinajstić information content (AvgIpc) is 2.18. The van der Waals surface area contributed by atoms with Gasteiger partial charge in [0.15, 0.2) is 0 Å². The molecule has 0 bridgehead atoms. The molecule has 0 saturated heterocycles. The Bertz CT molecular complexity index is 114. The van der Waals surface area contributed by atoms with E-state index in [1.807, 2.05) is 0 Å². The lowest BCUT2D eigenvalue weighted by atomic mass is 9.95. The number of hydrogen-bond acceptors (Lipinski definition) is 0. The Hall–Kier alpha value is -0.260. The molecular weight excluding hydrogens is 168 g/mol. The minimum absolute atomic E-state index is 0.859. The van der Waals surface area contributed by atoms with Crippen molar-refractivity contribution in [3.63, 3.8) is 0 Å². The number of rotatable bonds is 9. The first kappa shape index (κ1) is 13.7. The molecule has 0 aliphatic rings. The molecule has 0 aliphatic heterocycles. The monoisotopic (exact) mass is 196 g/mol. The maximum absolute atomic E-state index is 2.41. The molecule has 14 heavy (non-hydrogen) atoms. The molecule has 0 rings (SSSR count). The van der Waals surface area contributed by atoms with Gasteiger partial charge >= 0.3 is 0 Å². The van der Waals surface area contributed by atoms with E-state index in [9.17, 15) is 0 Å². The second-order valence-corrected chi connectivity index (χ2v) is 4.28. The average molecular weight is 196 g/mol. The fourth-order valence-electron chi connectivity index (χ4n) is 1.92. The molecule has 0 atom stereocenters. The van der Waals surface area contributed by atoms with Crippen LogP contribution in [0.3, 0.4) is 0 Å². The molecule has 0 amide bonds. The summed E-state index contributed by atoms with van der Waals surface area (Å²) in [6.45, 7) is 6.70. The van der Waals surface area contributed by atoms with Crippen molar-refractivity contribution in [2.75, 3.05) is 0 Å². The Labute approximate surface area is 90.8 Å². The van der Waals surface area contributed by atoms with Gasteiger partial charge in [-0.2, -0.15) is 0 Å². The first-order valence-electron chi connectivity index (χ1n) is 6.47. The molecule has 0 saturated carbocycles. The Kier molecular flexibility index (Phi) is 10.6. The molecule has 0 nitrogen and oxygen atoms in total. The van der Waals surface area contributed by atoms with Gasteiger partial charge in [0, 0.05) is 0 Å². The molecule has 0 aliphatic carbocycles. The van der Waals surface area contributed by atoms with E-state index in [1.165, 1.54) is 51.4 Å². The summed E-state index contributed by atoms with van der Waals surface area (Å²) in [6, 6.07) is 0. The van der Waals surface area contributed by atoms with E-state index in [0.29, 0.717) is 0 Å². The quantitative estimate of drug-likeness (QED) is 0.345. The lowest BCUT2D eigenvalue weighted by Gasteiger charge is -2.11. The van der Waals surface area contributed by atoms with Crippen molar-refractivity contribution in [1.82, 2.24) is 0 Å². The predicted octanol–water partition coefficient (Wildman–Crippen LogP) is 5.34. The van der Waals surface area contributed by atoms with Crippen LogP contribution < -0.4 is 0 Å². The summed E-state index contributed by atoms with van der Waals surface area (Å²) in [5.74, 6) is 0.859. The molecule has 0 N–H and O–H groups in total. The van der Waals surface area contributed by atoms with Crippen LogP contribution in [-0.4, -0.2) is 0 Å². The first-order valence-corrected chi connectivity index (χ1v) is 6.47. The van der Waals surface area contributed by atoms with Crippen molar-refractivity contribution >= 4 is 0 Å². The standard InChI is InChI=1S/C14H28/c1-4-7-9-12-14(11-6-3)13-10-8-5-2/h6,11,14H,4-5,7-10,12-13H2,1-3H3/b11-6+. The van der Waals surface area contributed by atoms with Gasteiger partial charge in [0.1, 0.15) is 0 Å². The van der Waals surface area contributed by atoms with E-state index in [4.69, 9.17) is 0 Å². The lowest BCUT2D eigenvalue weighted by molar-refractivity contribution is 0.481. The van der Waals surface area contributed by atoms with Gasteiger partial charge < -0.3 is 0 Å². The van der Waals surface area contributed by atoms with Gasteiger partial charge in [0.2, 0.25) is 0 Å². The SMILES string of the molecule is C/C=C/C(CCCCC)CCCCC. The maximum Gasteiger partial charge on any atom is -0.0234 e. The van der Waals surface area contributed by atoms with E-state index in [-0.39, 0.29) is 0 Å². The predicted molar refractivity (Wildman–Crippen MR) is 66.6 cm³/mol. The molecule has 0 fully saturated rings. The van der Waals surface area contributed by atoms with Crippen LogP contribution >= 0.6 is 0 Å². The molecule has 84 valence electrons. The van der Waals surface area contributed by atoms with E-state index in [2.05, 4.69) is 32.9 Å². The highest BCUT2D eigenvalue weighted by molar-refractivity contribution is 4.85. The summed E-state index contributed by atoms with van der Waals surface area (Å²) in [6.07, 6.45) is 15.8. The molecule has 0 unspecified atom stereocenters. The van der Waals surface area contributed by atoms with Crippen LogP contribution in [0, 0.1) is 5.92 Å².